The quantitative estimate of drug-likeness (QED) is 0.0571. The van der Waals surface area contributed by atoms with E-state index in [0.29, 0.717) is 96.9 Å². The fourth-order valence-electron chi connectivity index (χ4n) is 7.05. The van der Waals surface area contributed by atoms with E-state index >= 15 is 0 Å². The number of nitrogens with two attached hydrogens (primary N) is 3. The van der Waals surface area contributed by atoms with Crippen LogP contribution in [0.1, 0.15) is 64.2 Å². The molecule has 5 amide bonds. The van der Waals surface area contributed by atoms with Crippen molar-refractivity contribution in [1.82, 2.24) is 24.9 Å². The first-order valence-corrected chi connectivity index (χ1v) is 16.8. The minimum Gasteiger partial charge on any atom is -0.480 e. The molecule has 4 aliphatic heterocycles. The molecule has 0 bridgehead atoms. The number of nitrogens with zero attached hydrogens (tertiary/aromatic N) is 5. The van der Waals surface area contributed by atoms with Crippen molar-refractivity contribution in [2.45, 2.75) is 100 Å². The highest BCUT2D eigenvalue weighted by Gasteiger charge is 2.48. The Morgan fingerprint density at radius 1 is 0.761 bits per heavy atom. The summed E-state index contributed by atoms with van der Waals surface area (Å²) in [4.78, 5) is 89.2. The number of carbonyl (C=O) groups is 6. The number of carboxylic acid groups (broad SMARTS) is 1. The number of hydrogen-bond acceptors (Lipinski definition) is 9. The first kappa shape index (κ1) is 35.3. The molecule has 0 saturated carbocycles. The van der Waals surface area contributed by atoms with Gasteiger partial charge in [-0.25, -0.2) is 4.79 Å². The van der Waals surface area contributed by atoms with Crippen LogP contribution in [0.5, 0.6) is 0 Å². The molecule has 8 N–H and O–H groups in total. The molecule has 0 aliphatic carbocycles. The van der Waals surface area contributed by atoms with Gasteiger partial charge >= 0.3 is 5.97 Å². The molecule has 0 aromatic rings. The van der Waals surface area contributed by atoms with E-state index in [0.717, 1.165) is 0 Å². The van der Waals surface area contributed by atoms with Crippen molar-refractivity contribution in [3.05, 3.63) is 0 Å². The number of nitrogens with one attached hydrogen (secondary N) is 1. The van der Waals surface area contributed by atoms with Gasteiger partial charge in [0, 0.05) is 38.5 Å². The van der Waals surface area contributed by atoms with Crippen molar-refractivity contribution in [3.8, 4) is 0 Å². The van der Waals surface area contributed by atoms with Crippen LogP contribution in [-0.4, -0.2) is 141 Å². The zero-order valence-electron chi connectivity index (χ0n) is 26.1. The van der Waals surface area contributed by atoms with Crippen LogP contribution < -0.4 is 22.5 Å². The number of rotatable bonds is 12. The van der Waals surface area contributed by atoms with Crippen LogP contribution in [0.25, 0.3) is 0 Å². The number of carbonyl (C=O) groups excluding carboxylic acids is 5. The van der Waals surface area contributed by atoms with E-state index in [1.165, 1.54) is 14.7 Å². The number of hydrogen-bond donors (Lipinski definition) is 6. The summed E-state index contributed by atoms with van der Waals surface area (Å²) < 4.78 is 0. The predicted molar refractivity (Wildman–Crippen MR) is 170 cm³/mol. The molecular formula is C29H47N9O7S. The smallest absolute Gasteiger partial charge is 0.327 e. The van der Waals surface area contributed by atoms with Crippen molar-refractivity contribution < 1.29 is 33.9 Å². The van der Waals surface area contributed by atoms with Crippen LogP contribution in [0.4, 0.5) is 0 Å². The third-order valence-electron chi connectivity index (χ3n) is 9.38. The zero-order valence-corrected chi connectivity index (χ0v) is 27.0. The van der Waals surface area contributed by atoms with Crippen molar-refractivity contribution in [2.24, 2.45) is 22.2 Å². The molecule has 4 heterocycles. The summed E-state index contributed by atoms with van der Waals surface area (Å²) in [6.07, 6.45) is 5.03. The van der Waals surface area contributed by atoms with Crippen LogP contribution in [0.3, 0.4) is 0 Å². The summed E-state index contributed by atoms with van der Waals surface area (Å²) in [5, 5.41) is 11.8. The minimum atomic E-state index is -1.21. The lowest BCUT2D eigenvalue weighted by Gasteiger charge is -2.35. The van der Waals surface area contributed by atoms with Gasteiger partial charge in [0.2, 0.25) is 29.5 Å². The highest BCUT2D eigenvalue weighted by Crippen LogP contribution is 2.30. The maximum absolute atomic E-state index is 14.0. The second kappa shape index (κ2) is 15.8. The van der Waals surface area contributed by atoms with E-state index in [4.69, 9.17) is 17.2 Å². The fraction of sp³-hybridized carbons (Fsp3) is 0.759. The minimum absolute atomic E-state index is 0.0346. The average molecular weight is 666 g/mol. The second-order valence-electron chi connectivity index (χ2n) is 12.4. The summed E-state index contributed by atoms with van der Waals surface area (Å²) in [6.45, 7) is 1.79. The van der Waals surface area contributed by atoms with Gasteiger partial charge in [-0.2, -0.15) is 12.6 Å². The van der Waals surface area contributed by atoms with Crippen LogP contribution in [0.2, 0.25) is 0 Å². The van der Waals surface area contributed by atoms with E-state index in [1.807, 2.05) is 0 Å². The normalized spacial score (nSPS) is 25.8. The first-order chi connectivity index (χ1) is 22.0. The molecule has 16 nitrogen and oxygen atoms in total. The van der Waals surface area contributed by atoms with Gasteiger partial charge in [-0.1, -0.05) is 0 Å². The Balaban J connectivity index is 1.40. The number of likely N-dealkylation sites (tertiary alicyclic amines) is 4. The molecule has 6 atom stereocenters. The summed E-state index contributed by atoms with van der Waals surface area (Å²) in [5.74, 6) is -3.16. The highest BCUT2D eigenvalue weighted by molar-refractivity contribution is 7.80. The highest BCUT2D eigenvalue weighted by atomic mass is 32.1. The van der Waals surface area contributed by atoms with Gasteiger partial charge in [0.25, 0.3) is 0 Å². The lowest BCUT2D eigenvalue weighted by molar-refractivity contribution is -0.152. The maximum Gasteiger partial charge on any atom is 0.327 e. The molecule has 4 saturated heterocycles. The van der Waals surface area contributed by atoms with Crippen LogP contribution >= 0.6 is 12.6 Å². The molecule has 46 heavy (non-hydrogen) atoms. The van der Waals surface area contributed by atoms with Gasteiger partial charge in [0.1, 0.15) is 30.2 Å². The van der Waals surface area contributed by atoms with E-state index < -0.39 is 48.1 Å². The Labute approximate surface area is 273 Å². The van der Waals surface area contributed by atoms with Gasteiger partial charge < -0.3 is 47.2 Å². The average Bonchev–Trinajstić information content (AvgIpc) is 3.85. The molecule has 0 unspecified atom stereocenters. The lowest BCUT2D eigenvalue weighted by Crippen LogP contribution is -2.58. The number of aliphatic carboxylic acids is 1. The molecule has 256 valence electrons. The van der Waals surface area contributed by atoms with Crippen molar-refractivity contribution in [3.63, 3.8) is 0 Å². The summed E-state index contributed by atoms with van der Waals surface area (Å²) >= 11 is 3.99. The van der Waals surface area contributed by atoms with Crippen LogP contribution in [0, 0.1) is 0 Å². The SMILES string of the molecule is NC(N)=NCCC[C@H](N)C(=O)N1CCC[C@H]1C(=O)N1CCC[C@H]1C(=O)N1CCC[C@H]1C(=O)N1CCC[C@H]1C(=O)N[C@@H](CS)C(=O)O. The number of guanidine groups is 1. The largest absolute Gasteiger partial charge is 0.480 e. The molecule has 4 aliphatic rings. The Hall–Kier alpha value is -3.60. The number of carboxylic acids is 1. The maximum atomic E-state index is 14.0. The van der Waals surface area contributed by atoms with Gasteiger partial charge in [-0.15, -0.1) is 0 Å². The van der Waals surface area contributed by atoms with Gasteiger partial charge in [0.15, 0.2) is 5.96 Å². The molecule has 0 spiro atoms. The van der Waals surface area contributed by atoms with Gasteiger partial charge in [-0.3, -0.25) is 29.0 Å². The van der Waals surface area contributed by atoms with Gasteiger partial charge in [-0.05, 0) is 64.2 Å². The Bertz CT molecular complexity index is 1220. The summed E-state index contributed by atoms with van der Waals surface area (Å²) in [5.41, 5.74) is 16.9. The number of aliphatic imine (C=N–C) groups is 1. The molecule has 0 radical (unpaired) electrons. The molecule has 17 heteroatoms. The Kier molecular flexibility index (Phi) is 12.1. The molecular weight excluding hydrogens is 618 g/mol. The third-order valence-corrected chi connectivity index (χ3v) is 9.75. The Morgan fingerprint density at radius 3 is 1.65 bits per heavy atom. The zero-order chi connectivity index (χ0) is 33.5. The second-order valence-corrected chi connectivity index (χ2v) is 12.8. The van der Waals surface area contributed by atoms with E-state index in [-0.39, 0.29) is 35.3 Å². The number of thiol groups is 1. The summed E-state index contributed by atoms with van der Waals surface area (Å²) in [6, 6.07) is -5.06. The summed E-state index contributed by atoms with van der Waals surface area (Å²) in [7, 11) is 0. The lowest BCUT2D eigenvalue weighted by atomic mass is 10.1. The van der Waals surface area contributed by atoms with Crippen LogP contribution in [0.15, 0.2) is 4.99 Å². The number of amides is 5. The van der Waals surface area contributed by atoms with Crippen molar-refractivity contribution >= 4 is 54.1 Å². The third kappa shape index (κ3) is 7.85. The van der Waals surface area contributed by atoms with Gasteiger partial charge in [0.05, 0.1) is 6.04 Å². The standard InChI is InChI=1S/C29H47N9O7S/c30-17(6-1-11-33-29(31)32)24(40)36-13-3-8-20(36)26(42)38-15-5-10-22(38)27(43)37-14-4-9-21(37)25(41)35-12-2-7-19(35)23(39)34-18(16-46)28(44)45/h17-22,46H,1-16,30H2,(H,34,39)(H,44,45)(H4,31,32,33)/t17-,18-,19-,20-,21-,22-/m0/s1. The first-order valence-electron chi connectivity index (χ1n) is 16.1. The van der Waals surface area contributed by atoms with E-state index in [9.17, 15) is 33.9 Å². The Morgan fingerprint density at radius 2 is 1.20 bits per heavy atom. The van der Waals surface area contributed by atoms with Crippen molar-refractivity contribution in [2.75, 3.05) is 38.5 Å². The molecule has 4 rings (SSSR count). The monoisotopic (exact) mass is 665 g/mol. The molecule has 0 aromatic carbocycles. The van der Waals surface area contributed by atoms with E-state index in [2.05, 4.69) is 22.9 Å². The topological polar surface area (TPSA) is 238 Å². The van der Waals surface area contributed by atoms with E-state index in [1.54, 1.807) is 4.90 Å². The van der Waals surface area contributed by atoms with Crippen LogP contribution in [-0.2, 0) is 28.8 Å². The predicted octanol–water partition coefficient (Wildman–Crippen LogP) is -2.17. The molecule has 0 aromatic heterocycles. The van der Waals surface area contributed by atoms with Crippen molar-refractivity contribution in [1.29, 1.82) is 0 Å². The fourth-order valence-corrected chi connectivity index (χ4v) is 7.30. The molecule has 4 fully saturated rings.